The van der Waals surface area contributed by atoms with Crippen molar-refractivity contribution >= 4 is 5.97 Å². The lowest BCUT2D eigenvalue weighted by molar-refractivity contribution is 0.0729. The summed E-state index contributed by atoms with van der Waals surface area (Å²) in [6, 6.07) is 6.59. The molecule has 0 amide bonds. The molecule has 1 aliphatic rings. The van der Waals surface area contributed by atoms with Gasteiger partial charge in [0.2, 0.25) is 0 Å². The average Bonchev–Trinajstić information content (AvgIpc) is 2.83. The number of esters is 1. The Morgan fingerprint density at radius 3 is 2.17 bits per heavy atom. The fraction of sp³-hybridized carbons (Fsp3) is 0.500. The number of benzene rings is 2. The van der Waals surface area contributed by atoms with E-state index in [4.69, 9.17) is 14.7 Å². The standard InChI is InChI=1S/C28H32F3NO3/c1-2-3-4-5-6-7-19-8-10-20(11-9-19)18-34-21-12-13-23(25(29)14-21)28(33)35-22-15-26(30)24(17-32)27(31)16-22/h12-16,19-20H,2-11,18H2,1H3. The van der Waals surface area contributed by atoms with E-state index < -0.39 is 34.7 Å². The zero-order chi connectivity index (χ0) is 25.2. The Bertz CT molecular complexity index is 1020. The van der Waals surface area contributed by atoms with Crippen LogP contribution in [0.15, 0.2) is 30.3 Å². The fourth-order valence-corrected chi connectivity index (χ4v) is 4.57. The Morgan fingerprint density at radius 2 is 1.54 bits per heavy atom. The quantitative estimate of drug-likeness (QED) is 0.185. The van der Waals surface area contributed by atoms with E-state index in [0.717, 1.165) is 24.8 Å². The molecular weight excluding hydrogens is 455 g/mol. The normalized spacial score (nSPS) is 17.6. The van der Waals surface area contributed by atoms with Crippen molar-refractivity contribution in [3.05, 3.63) is 58.9 Å². The van der Waals surface area contributed by atoms with Gasteiger partial charge in [0.1, 0.15) is 40.6 Å². The van der Waals surface area contributed by atoms with Crippen LogP contribution in [-0.2, 0) is 0 Å². The van der Waals surface area contributed by atoms with Crippen molar-refractivity contribution < 1.29 is 27.4 Å². The minimum Gasteiger partial charge on any atom is -0.493 e. The molecule has 0 saturated heterocycles. The summed E-state index contributed by atoms with van der Waals surface area (Å²) in [6.45, 7) is 2.72. The third-order valence-corrected chi connectivity index (χ3v) is 6.67. The number of unbranched alkanes of at least 4 members (excludes halogenated alkanes) is 4. The smallest absolute Gasteiger partial charge is 0.346 e. The molecule has 0 bridgehead atoms. The van der Waals surface area contributed by atoms with Gasteiger partial charge in [-0.15, -0.1) is 0 Å². The van der Waals surface area contributed by atoms with Crippen LogP contribution in [-0.4, -0.2) is 12.6 Å². The molecule has 2 aromatic carbocycles. The molecule has 0 aromatic heterocycles. The summed E-state index contributed by atoms with van der Waals surface area (Å²) >= 11 is 0. The summed E-state index contributed by atoms with van der Waals surface area (Å²) in [6.07, 6.45) is 12.5. The summed E-state index contributed by atoms with van der Waals surface area (Å²) in [7, 11) is 0. The molecular formula is C28H32F3NO3. The number of halogens is 3. The maximum Gasteiger partial charge on any atom is 0.346 e. The molecule has 0 spiro atoms. The Kier molecular flexibility index (Phi) is 10.0. The predicted molar refractivity (Wildman–Crippen MR) is 127 cm³/mol. The van der Waals surface area contributed by atoms with Gasteiger partial charge in [-0.25, -0.2) is 18.0 Å². The highest BCUT2D eigenvalue weighted by atomic mass is 19.1. The second kappa shape index (κ2) is 13.2. The van der Waals surface area contributed by atoms with Gasteiger partial charge in [-0.2, -0.15) is 5.26 Å². The fourth-order valence-electron chi connectivity index (χ4n) is 4.57. The van der Waals surface area contributed by atoms with Crippen molar-refractivity contribution in [1.29, 1.82) is 5.26 Å². The lowest BCUT2D eigenvalue weighted by atomic mass is 9.80. The first kappa shape index (κ1) is 26.6. The second-order valence-corrected chi connectivity index (χ2v) is 9.31. The topological polar surface area (TPSA) is 59.3 Å². The first-order valence-corrected chi connectivity index (χ1v) is 12.4. The molecule has 0 unspecified atom stereocenters. The van der Waals surface area contributed by atoms with E-state index in [9.17, 15) is 18.0 Å². The minimum absolute atomic E-state index is 0.313. The maximum absolute atomic E-state index is 14.5. The zero-order valence-corrected chi connectivity index (χ0v) is 20.1. The number of rotatable bonds is 11. The number of ether oxygens (including phenoxy) is 2. The summed E-state index contributed by atoms with van der Waals surface area (Å²) in [5.74, 6) is -3.21. The van der Waals surface area contributed by atoms with E-state index in [-0.39, 0.29) is 5.56 Å². The van der Waals surface area contributed by atoms with Gasteiger partial charge in [0.25, 0.3) is 0 Å². The zero-order valence-electron chi connectivity index (χ0n) is 20.1. The Labute approximate surface area is 205 Å². The summed E-state index contributed by atoms with van der Waals surface area (Å²) in [5.41, 5.74) is -1.17. The van der Waals surface area contributed by atoms with E-state index in [2.05, 4.69) is 6.92 Å². The second-order valence-electron chi connectivity index (χ2n) is 9.31. The summed E-state index contributed by atoms with van der Waals surface area (Å²) in [4.78, 5) is 12.3. The van der Waals surface area contributed by atoms with Gasteiger partial charge in [0.15, 0.2) is 0 Å². The van der Waals surface area contributed by atoms with E-state index in [0.29, 0.717) is 30.4 Å². The van der Waals surface area contributed by atoms with Crippen LogP contribution in [0.3, 0.4) is 0 Å². The Morgan fingerprint density at radius 1 is 0.914 bits per heavy atom. The van der Waals surface area contributed by atoms with Crippen molar-refractivity contribution in [2.45, 2.75) is 71.1 Å². The first-order valence-electron chi connectivity index (χ1n) is 12.4. The largest absolute Gasteiger partial charge is 0.493 e. The molecule has 2 aromatic rings. The molecule has 0 aliphatic heterocycles. The molecule has 0 heterocycles. The number of carbonyl (C=O) groups is 1. The van der Waals surface area contributed by atoms with E-state index >= 15 is 0 Å². The lowest BCUT2D eigenvalue weighted by Gasteiger charge is -2.28. The molecule has 7 heteroatoms. The number of nitrogens with zero attached hydrogens (tertiary/aromatic N) is 1. The highest BCUT2D eigenvalue weighted by Gasteiger charge is 2.22. The average molecular weight is 488 g/mol. The Balaban J connectivity index is 1.46. The molecule has 35 heavy (non-hydrogen) atoms. The van der Waals surface area contributed by atoms with Crippen LogP contribution in [0.2, 0.25) is 0 Å². The molecule has 0 N–H and O–H groups in total. The molecule has 0 radical (unpaired) electrons. The third-order valence-electron chi connectivity index (χ3n) is 6.67. The van der Waals surface area contributed by atoms with E-state index in [1.165, 1.54) is 69.6 Å². The van der Waals surface area contributed by atoms with Crippen LogP contribution >= 0.6 is 0 Å². The predicted octanol–water partition coefficient (Wildman–Crippen LogP) is 7.74. The highest BCUT2D eigenvalue weighted by molar-refractivity contribution is 5.91. The number of carbonyl (C=O) groups excluding carboxylic acids is 1. The monoisotopic (exact) mass is 487 g/mol. The van der Waals surface area contributed by atoms with Crippen molar-refractivity contribution in [3.8, 4) is 17.6 Å². The highest BCUT2D eigenvalue weighted by Crippen LogP contribution is 2.33. The van der Waals surface area contributed by atoms with Gasteiger partial charge >= 0.3 is 5.97 Å². The van der Waals surface area contributed by atoms with Crippen molar-refractivity contribution in [2.75, 3.05) is 6.61 Å². The molecule has 1 saturated carbocycles. The molecule has 0 atom stereocenters. The molecule has 1 fully saturated rings. The van der Waals surface area contributed by atoms with Gasteiger partial charge in [0.05, 0.1) is 12.2 Å². The van der Waals surface area contributed by atoms with Gasteiger partial charge in [0, 0.05) is 18.2 Å². The van der Waals surface area contributed by atoms with Crippen LogP contribution in [0.5, 0.6) is 11.5 Å². The van der Waals surface area contributed by atoms with Crippen molar-refractivity contribution in [1.82, 2.24) is 0 Å². The molecule has 1 aliphatic carbocycles. The summed E-state index contributed by atoms with van der Waals surface area (Å²) in [5, 5.41) is 8.71. The number of hydrogen-bond acceptors (Lipinski definition) is 4. The van der Waals surface area contributed by atoms with E-state index in [1.54, 1.807) is 0 Å². The van der Waals surface area contributed by atoms with Gasteiger partial charge < -0.3 is 9.47 Å². The Hall–Kier alpha value is -3.01. The van der Waals surface area contributed by atoms with Gasteiger partial charge in [-0.1, -0.05) is 58.3 Å². The van der Waals surface area contributed by atoms with Crippen molar-refractivity contribution in [3.63, 3.8) is 0 Å². The van der Waals surface area contributed by atoms with Crippen LogP contribution in [0, 0.1) is 40.6 Å². The number of hydrogen-bond donors (Lipinski definition) is 0. The summed E-state index contributed by atoms with van der Waals surface area (Å²) < 4.78 is 52.6. The van der Waals surface area contributed by atoms with Crippen LogP contribution in [0.25, 0.3) is 0 Å². The minimum atomic E-state index is -1.17. The van der Waals surface area contributed by atoms with Crippen LogP contribution < -0.4 is 9.47 Å². The van der Waals surface area contributed by atoms with Gasteiger partial charge in [-0.3, -0.25) is 0 Å². The molecule has 4 nitrogen and oxygen atoms in total. The molecule has 188 valence electrons. The SMILES string of the molecule is CCCCCCCC1CCC(COc2ccc(C(=O)Oc3cc(F)c(C#N)c(F)c3)c(F)c2)CC1. The van der Waals surface area contributed by atoms with Crippen LogP contribution in [0.1, 0.15) is 87.1 Å². The maximum atomic E-state index is 14.5. The third kappa shape index (κ3) is 7.74. The van der Waals surface area contributed by atoms with Crippen molar-refractivity contribution in [2.24, 2.45) is 11.8 Å². The van der Waals surface area contributed by atoms with Crippen LogP contribution in [0.4, 0.5) is 13.2 Å². The van der Waals surface area contributed by atoms with E-state index in [1.807, 2.05) is 0 Å². The van der Waals surface area contributed by atoms with Gasteiger partial charge in [-0.05, 0) is 36.8 Å². The number of nitriles is 1. The lowest BCUT2D eigenvalue weighted by Crippen LogP contribution is -2.20. The molecule has 3 rings (SSSR count). The first-order chi connectivity index (χ1) is 16.9.